The molecule has 0 radical (unpaired) electrons. The van der Waals surface area contributed by atoms with E-state index in [9.17, 15) is 36.7 Å². The first-order valence-electron chi connectivity index (χ1n) is 9.46. The van der Waals surface area contributed by atoms with Crippen LogP contribution in [0.1, 0.15) is 15.9 Å². The molecule has 2 aliphatic rings. The number of fused-ring (bicyclic) bond motifs is 1. The largest absolute Gasteiger partial charge is 0.422 e. The van der Waals surface area contributed by atoms with Crippen molar-refractivity contribution in [2.75, 3.05) is 4.90 Å². The number of hydrogen-bond donors (Lipinski definition) is 2. The minimum Gasteiger partial charge on any atom is -0.329 e. The fourth-order valence-corrected chi connectivity index (χ4v) is 3.80. The van der Waals surface area contributed by atoms with E-state index in [2.05, 4.69) is 4.99 Å². The molecule has 4 rings (SSSR count). The van der Waals surface area contributed by atoms with Gasteiger partial charge < -0.3 is 5.32 Å². The van der Waals surface area contributed by atoms with Gasteiger partial charge in [0.05, 0.1) is 5.69 Å². The summed E-state index contributed by atoms with van der Waals surface area (Å²) in [5.41, 5.74) is -3.72. The monoisotopic (exact) mass is 462 g/mol. The summed E-state index contributed by atoms with van der Waals surface area (Å²) in [6, 6.07) is 8.53. The van der Waals surface area contributed by atoms with Gasteiger partial charge in [0, 0.05) is 5.56 Å². The number of carbonyl (C=O) groups excluding carboxylic acids is 4. The van der Waals surface area contributed by atoms with Gasteiger partial charge in [-0.25, -0.2) is 14.1 Å². The lowest BCUT2D eigenvalue weighted by atomic mass is 9.81. The summed E-state index contributed by atoms with van der Waals surface area (Å²) in [6.07, 6.45) is -5.47. The van der Waals surface area contributed by atoms with Crippen molar-refractivity contribution in [2.45, 2.75) is 18.6 Å². The SMILES string of the molecule is Cc1ccccc1C(=O)NC1(C(F)(F)F)C(=O)N=C2C1C(=O)NC(=O)N2c1ccc(F)cc1. The first-order valence-corrected chi connectivity index (χ1v) is 9.46. The van der Waals surface area contributed by atoms with Gasteiger partial charge in [0.2, 0.25) is 11.4 Å². The van der Waals surface area contributed by atoms with E-state index in [-0.39, 0.29) is 11.3 Å². The highest BCUT2D eigenvalue weighted by molar-refractivity contribution is 6.35. The van der Waals surface area contributed by atoms with Gasteiger partial charge in [0.15, 0.2) is 0 Å². The lowest BCUT2D eigenvalue weighted by Gasteiger charge is -2.39. The van der Waals surface area contributed by atoms with E-state index < -0.39 is 53.0 Å². The molecule has 5 amide bonds. The Balaban J connectivity index is 1.83. The predicted molar refractivity (Wildman–Crippen MR) is 106 cm³/mol. The summed E-state index contributed by atoms with van der Waals surface area (Å²) in [4.78, 5) is 54.5. The number of anilines is 1. The highest BCUT2D eigenvalue weighted by atomic mass is 19.4. The van der Waals surface area contributed by atoms with Crippen LogP contribution in [-0.2, 0) is 9.59 Å². The highest BCUT2D eigenvalue weighted by Gasteiger charge is 2.74. The van der Waals surface area contributed by atoms with Gasteiger partial charge in [-0.05, 0) is 42.8 Å². The number of carbonyl (C=O) groups is 4. The second kappa shape index (κ2) is 7.50. The van der Waals surface area contributed by atoms with E-state index in [0.717, 1.165) is 24.3 Å². The Morgan fingerprint density at radius 3 is 2.33 bits per heavy atom. The topological polar surface area (TPSA) is 108 Å². The number of halogens is 4. The van der Waals surface area contributed by atoms with Crippen molar-refractivity contribution in [1.82, 2.24) is 10.6 Å². The molecule has 2 aliphatic heterocycles. The van der Waals surface area contributed by atoms with E-state index in [4.69, 9.17) is 0 Å². The summed E-state index contributed by atoms with van der Waals surface area (Å²) in [5, 5.41) is 3.43. The highest BCUT2D eigenvalue weighted by Crippen LogP contribution is 2.44. The van der Waals surface area contributed by atoms with Crippen LogP contribution in [0.25, 0.3) is 0 Å². The molecule has 12 heteroatoms. The number of amides is 5. The van der Waals surface area contributed by atoms with Gasteiger partial charge >= 0.3 is 12.2 Å². The molecule has 2 aromatic carbocycles. The maximum Gasteiger partial charge on any atom is 0.422 e. The average Bonchev–Trinajstić information content (AvgIpc) is 3.02. The third-order valence-electron chi connectivity index (χ3n) is 5.40. The quantitative estimate of drug-likeness (QED) is 0.684. The second-order valence-corrected chi connectivity index (χ2v) is 7.39. The molecular formula is C21H14F4N4O4. The smallest absolute Gasteiger partial charge is 0.329 e. The predicted octanol–water partition coefficient (Wildman–Crippen LogP) is 2.48. The summed E-state index contributed by atoms with van der Waals surface area (Å²) >= 11 is 0. The maximum atomic E-state index is 14.4. The Labute approximate surface area is 183 Å². The van der Waals surface area contributed by atoms with Crippen LogP contribution in [0.5, 0.6) is 0 Å². The van der Waals surface area contributed by atoms with Crippen LogP contribution in [0.3, 0.4) is 0 Å². The van der Waals surface area contributed by atoms with Gasteiger partial charge in [-0.2, -0.15) is 18.2 Å². The fourth-order valence-electron chi connectivity index (χ4n) is 3.80. The minimum absolute atomic E-state index is 0.138. The Hall–Kier alpha value is -4.09. The van der Waals surface area contributed by atoms with Crippen molar-refractivity contribution < 1.29 is 36.7 Å². The normalized spacial score (nSPS) is 22.6. The van der Waals surface area contributed by atoms with Crippen LogP contribution in [0.2, 0.25) is 0 Å². The Morgan fingerprint density at radius 2 is 1.73 bits per heavy atom. The molecule has 170 valence electrons. The zero-order chi connectivity index (χ0) is 24.1. The molecule has 0 bridgehead atoms. The lowest BCUT2D eigenvalue weighted by molar-refractivity contribution is -0.201. The number of aliphatic imine (C=N–C) groups is 1. The lowest BCUT2D eigenvalue weighted by Crippen LogP contribution is -2.72. The molecular weight excluding hydrogens is 448 g/mol. The van der Waals surface area contributed by atoms with Crippen molar-refractivity contribution in [3.8, 4) is 0 Å². The van der Waals surface area contributed by atoms with E-state index in [1.807, 2.05) is 0 Å². The van der Waals surface area contributed by atoms with E-state index in [0.29, 0.717) is 10.5 Å². The van der Waals surface area contributed by atoms with Crippen LogP contribution in [-0.4, -0.2) is 41.3 Å². The molecule has 2 N–H and O–H groups in total. The van der Waals surface area contributed by atoms with Gasteiger partial charge in [0.25, 0.3) is 11.8 Å². The number of rotatable bonds is 3. The molecule has 0 aromatic heterocycles. The zero-order valence-electron chi connectivity index (χ0n) is 16.7. The molecule has 1 saturated heterocycles. The number of aryl methyl sites for hydroxylation is 1. The van der Waals surface area contributed by atoms with Crippen molar-refractivity contribution in [2.24, 2.45) is 10.9 Å². The second-order valence-electron chi connectivity index (χ2n) is 7.39. The average molecular weight is 462 g/mol. The van der Waals surface area contributed by atoms with E-state index in [1.165, 1.54) is 25.1 Å². The Bertz CT molecular complexity index is 1230. The number of urea groups is 1. The Kier molecular flexibility index (Phi) is 5.03. The van der Waals surface area contributed by atoms with Gasteiger partial charge in [0.1, 0.15) is 17.6 Å². The number of hydrogen-bond acceptors (Lipinski definition) is 4. The van der Waals surface area contributed by atoms with Gasteiger partial charge in [-0.3, -0.25) is 19.7 Å². The third-order valence-corrected chi connectivity index (χ3v) is 5.40. The maximum absolute atomic E-state index is 14.4. The van der Waals surface area contributed by atoms with Gasteiger partial charge in [-0.15, -0.1) is 0 Å². The van der Waals surface area contributed by atoms with Gasteiger partial charge in [-0.1, -0.05) is 18.2 Å². The van der Waals surface area contributed by atoms with E-state index in [1.54, 1.807) is 16.7 Å². The van der Waals surface area contributed by atoms with Crippen molar-refractivity contribution in [3.63, 3.8) is 0 Å². The van der Waals surface area contributed by atoms with Crippen LogP contribution >= 0.6 is 0 Å². The summed E-state index contributed by atoms with van der Waals surface area (Å²) in [6.45, 7) is 1.48. The van der Waals surface area contributed by atoms with E-state index >= 15 is 0 Å². The first kappa shape index (κ1) is 22.1. The summed E-state index contributed by atoms with van der Waals surface area (Å²) < 4.78 is 56.6. The first-order chi connectivity index (χ1) is 15.5. The zero-order valence-corrected chi connectivity index (χ0v) is 16.7. The van der Waals surface area contributed by atoms with Crippen LogP contribution in [0.15, 0.2) is 53.5 Å². The van der Waals surface area contributed by atoms with Crippen molar-refractivity contribution in [3.05, 3.63) is 65.5 Å². The third kappa shape index (κ3) is 3.34. The molecule has 0 saturated carbocycles. The number of benzene rings is 2. The number of nitrogens with one attached hydrogen (secondary N) is 2. The van der Waals surface area contributed by atoms with Crippen LogP contribution in [0.4, 0.5) is 28.0 Å². The Morgan fingerprint density at radius 1 is 1.09 bits per heavy atom. The number of alkyl halides is 3. The molecule has 33 heavy (non-hydrogen) atoms. The summed E-state index contributed by atoms with van der Waals surface area (Å²) in [5.74, 6) is -8.51. The molecule has 0 aliphatic carbocycles. The molecule has 1 fully saturated rings. The van der Waals surface area contributed by atoms with Crippen molar-refractivity contribution in [1.29, 1.82) is 0 Å². The molecule has 2 atom stereocenters. The minimum atomic E-state index is -5.47. The van der Waals surface area contributed by atoms with Crippen molar-refractivity contribution >= 4 is 35.3 Å². The molecule has 2 heterocycles. The molecule has 2 unspecified atom stereocenters. The van der Waals surface area contributed by atoms with Crippen LogP contribution < -0.4 is 15.5 Å². The number of imide groups is 1. The molecule has 8 nitrogen and oxygen atoms in total. The fraction of sp³-hybridized carbons (Fsp3) is 0.190. The van der Waals surface area contributed by atoms with Crippen LogP contribution in [0, 0.1) is 18.7 Å². The molecule has 2 aromatic rings. The molecule has 0 spiro atoms. The summed E-state index contributed by atoms with van der Waals surface area (Å²) in [7, 11) is 0. The standard InChI is InChI=1S/C21H14F4N4O4/c1-10-4-2-3-5-13(10)16(30)28-20(21(23,24)25)14-15(26-18(20)32)29(19(33)27-17(14)31)12-8-6-11(22)7-9-12/h2-9,14H,1H3,(H,28,30)(H,27,31,33). The number of amidine groups is 1. The number of nitrogens with zero attached hydrogens (tertiary/aromatic N) is 2.